The third kappa shape index (κ3) is 6.39. The lowest BCUT2D eigenvalue weighted by Crippen LogP contribution is -2.64. The molecule has 14 nitrogen and oxygen atoms in total. The van der Waals surface area contributed by atoms with Gasteiger partial charge in [-0.15, -0.1) is 0 Å². The first-order valence-corrected chi connectivity index (χ1v) is 9.86. The van der Waals surface area contributed by atoms with Gasteiger partial charge in [0.25, 0.3) is 5.69 Å². The Bertz CT molecular complexity index is 965. The number of benzene rings is 1. The van der Waals surface area contributed by atoms with E-state index in [0.29, 0.717) is 0 Å². The largest absolute Gasteiger partial charge is 0.455 e. The number of anilines is 1. The fourth-order valence-electron chi connectivity index (χ4n) is 3.24. The highest BCUT2D eigenvalue weighted by atomic mass is 16.7. The van der Waals surface area contributed by atoms with Gasteiger partial charge in [0.1, 0.15) is 0 Å². The predicted molar refractivity (Wildman–Crippen MR) is 111 cm³/mol. The number of esters is 4. The molecular formula is C20H24N2O12. The topological polar surface area (TPSA) is 179 Å². The molecule has 0 amide bonds. The van der Waals surface area contributed by atoms with Crippen LogP contribution in [0.1, 0.15) is 20.8 Å². The van der Waals surface area contributed by atoms with Crippen LogP contribution in [-0.2, 0) is 42.9 Å². The van der Waals surface area contributed by atoms with Crippen LogP contribution in [-0.4, -0.2) is 73.7 Å². The molecule has 1 saturated heterocycles. The van der Waals surface area contributed by atoms with E-state index in [1.54, 1.807) is 0 Å². The van der Waals surface area contributed by atoms with Crippen molar-refractivity contribution >= 4 is 35.3 Å². The quantitative estimate of drug-likeness (QED) is 0.179. The maximum atomic E-state index is 13.1. The Morgan fingerprint density at radius 1 is 0.971 bits per heavy atom. The predicted octanol–water partition coefficient (Wildman–Crippen LogP) is 0.708. The van der Waals surface area contributed by atoms with Crippen molar-refractivity contribution in [2.24, 2.45) is 0 Å². The van der Waals surface area contributed by atoms with Gasteiger partial charge in [-0.1, -0.05) is 0 Å². The first kappa shape index (κ1) is 26.5. The molecule has 1 aliphatic heterocycles. The summed E-state index contributed by atoms with van der Waals surface area (Å²) in [5.74, 6) is -3.65. The first-order valence-electron chi connectivity index (χ1n) is 9.86. The first-order chi connectivity index (χ1) is 16.0. The zero-order valence-corrected chi connectivity index (χ0v) is 19.0. The van der Waals surface area contributed by atoms with Crippen molar-refractivity contribution in [2.45, 2.75) is 51.5 Å². The van der Waals surface area contributed by atoms with E-state index in [1.807, 2.05) is 0 Å². The van der Waals surface area contributed by atoms with Crippen molar-refractivity contribution in [1.82, 2.24) is 0 Å². The molecule has 1 N–H and O–H groups in total. The molecule has 0 aromatic heterocycles. The van der Waals surface area contributed by atoms with Crippen LogP contribution in [0.4, 0.5) is 11.4 Å². The number of rotatable bonds is 8. The van der Waals surface area contributed by atoms with E-state index in [9.17, 15) is 29.3 Å². The molecule has 0 saturated carbocycles. The number of ether oxygens (including phenoxy) is 6. The van der Waals surface area contributed by atoms with Crippen molar-refractivity contribution in [1.29, 1.82) is 0 Å². The van der Waals surface area contributed by atoms with Gasteiger partial charge in [-0.05, 0) is 6.07 Å². The van der Waals surface area contributed by atoms with Crippen molar-refractivity contribution in [3.8, 4) is 5.75 Å². The van der Waals surface area contributed by atoms with Gasteiger partial charge < -0.3 is 33.7 Å². The van der Waals surface area contributed by atoms with Crippen LogP contribution in [0.5, 0.6) is 5.75 Å². The Hall–Kier alpha value is -3.78. The number of nitrogens with one attached hydrogen (secondary N) is 1. The molecular weight excluding hydrogens is 460 g/mol. The number of nitro groups is 1. The summed E-state index contributed by atoms with van der Waals surface area (Å²) < 4.78 is 31.6. The SMILES string of the molecule is CNc1cc([N+](=O)[O-])ccc1OC(=O)[C@H]1O[C@@H](OC)[C@H](OC(C)=O)[C@@H](OC(C)=O)[C@@H]1OC(C)=O. The highest BCUT2D eigenvalue weighted by Crippen LogP contribution is 2.33. The Kier molecular flexibility index (Phi) is 8.86. The summed E-state index contributed by atoms with van der Waals surface area (Å²) >= 11 is 0. The van der Waals surface area contributed by atoms with Crippen LogP contribution in [0.15, 0.2) is 18.2 Å². The summed E-state index contributed by atoms with van der Waals surface area (Å²) in [5.41, 5.74) is -0.144. The normalized spacial score (nSPS) is 23.9. The zero-order valence-electron chi connectivity index (χ0n) is 19.0. The van der Waals surface area contributed by atoms with Gasteiger partial charge in [-0.25, -0.2) is 4.79 Å². The molecule has 14 heteroatoms. The average Bonchev–Trinajstić information content (AvgIpc) is 2.75. The monoisotopic (exact) mass is 484 g/mol. The maximum absolute atomic E-state index is 13.1. The van der Waals surface area contributed by atoms with Crippen molar-refractivity contribution < 1.29 is 52.5 Å². The molecule has 1 aromatic carbocycles. The summed E-state index contributed by atoms with van der Waals surface area (Å²) in [6.07, 6.45) is -7.54. The van der Waals surface area contributed by atoms with Crippen LogP contribution in [0.2, 0.25) is 0 Å². The molecule has 1 aliphatic rings. The molecule has 0 bridgehead atoms. The number of nitro benzene ring substituents is 1. The molecule has 0 aliphatic carbocycles. The lowest BCUT2D eigenvalue weighted by atomic mass is 9.97. The van der Waals surface area contributed by atoms with Gasteiger partial charge in [0.15, 0.2) is 36.5 Å². The summed E-state index contributed by atoms with van der Waals surface area (Å²) in [4.78, 5) is 58.6. The van der Waals surface area contributed by atoms with Gasteiger partial charge in [-0.3, -0.25) is 24.5 Å². The summed E-state index contributed by atoms with van der Waals surface area (Å²) in [5, 5.41) is 13.7. The molecule has 0 unspecified atom stereocenters. The standard InChI is InChI=1S/C20H24N2O12/c1-9(23)30-15-16(31-10(2)24)18(32-11(3)25)20(29-5)34-17(15)19(26)33-14-7-6-12(22(27)28)8-13(14)21-4/h6-8,15-18,20-21H,1-5H3/t15-,16-,17-,18+,20+/m0/s1. The highest BCUT2D eigenvalue weighted by Gasteiger charge is 2.55. The van der Waals surface area contributed by atoms with Crippen LogP contribution >= 0.6 is 0 Å². The minimum atomic E-state index is -1.69. The number of methoxy groups -OCH3 is 1. The van der Waals surface area contributed by atoms with Gasteiger partial charge in [0.05, 0.1) is 10.6 Å². The third-order valence-electron chi connectivity index (χ3n) is 4.52. The third-order valence-corrected chi connectivity index (χ3v) is 4.52. The van der Waals surface area contributed by atoms with E-state index in [2.05, 4.69) is 5.32 Å². The second kappa shape index (κ2) is 11.4. The van der Waals surface area contributed by atoms with Gasteiger partial charge in [-0.2, -0.15) is 0 Å². The molecule has 1 aromatic rings. The van der Waals surface area contributed by atoms with Crippen LogP contribution in [0, 0.1) is 10.1 Å². The van der Waals surface area contributed by atoms with E-state index in [1.165, 1.54) is 20.2 Å². The molecule has 0 radical (unpaired) electrons. The smallest absolute Gasteiger partial charge is 0.344 e. The minimum Gasteiger partial charge on any atom is -0.455 e. The number of carbonyl (C=O) groups excluding carboxylic acids is 4. The number of non-ortho nitro benzene ring substituents is 1. The second-order valence-electron chi connectivity index (χ2n) is 6.99. The molecule has 1 heterocycles. The highest BCUT2D eigenvalue weighted by molar-refractivity contribution is 5.81. The zero-order chi connectivity index (χ0) is 25.6. The van der Waals surface area contributed by atoms with Crippen LogP contribution < -0.4 is 10.1 Å². The Balaban J connectivity index is 2.45. The Labute approximate surface area is 193 Å². The number of hydrogen-bond acceptors (Lipinski definition) is 13. The van der Waals surface area contributed by atoms with Crippen molar-refractivity contribution in [3.63, 3.8) is 0 Å². The maximum Gasteiger partial charge on any atom is 0.344 e. The fourth-order valence-corrected chi connectivity index (χ4v) is 3.24. The second-order valence-corrected chi connectivity index (χ2v) is 6.99. The van der Waals surface area contributed by atoms with Gasteiger partial charge in [0.2, 0.25) is 0 Å². The minimum absolute atomic E-state index is 0.0941. The number of carbonyl (C=O) groups is 4. The van der Waals surface area contributed by atoms with Crippen LogP contribution in [0.3, 0.4) is 0 Å². The molecule has 0 spiro atoms. The van der Waals surface area contributed by atoms with E-state index in [-0.39, 0.29) is 17.1 Å². The average molecular weight is 484 g/mol. The lowest BCUT2D eigenvalue weighted by Gasteiger charge is -2.42. The van der Waals surface area contributed by atoms with Crippen molar-refractivity contribution in [2.75, 3.05) is 19.5 Å². The van der Waals surface area contributed by atoms with Crippen molar-refractivity contribution in [3.05, 3.63) is 28.3 Å². The van der Waals surface area contributed by atoms with E-state index in [0.717, 1.165) is 32.9 Å². The number of nitrogens with zero attached hydrogens (tertiary/aromatic N) is 1. The summed E-state index contributed by atoms with van der Waals surface area (Å²) in [6.45, 7) is 3.20. The molecule has 5 atom stereocenters. The van der Waals surface area contributed by atoms with E-state index < -0.39 is 59.5 Å². The Morgan fingerprint density at radius 3 is 2.03 bits per heavy atom. The van der Waals surface area contributed by atoms with Crippen LogP contribution in [0.25, 0.3) is 0 Å². The molecule has 1 fully saturated rings. The van der Waals surface area contributed by atoms with E-state index >= 15 is 0 Å². The summed E-state index contributed by atoms with van der Waals surface area (Å²) in [6, 6.07) is 3.44. The number of hydrogen-bond donors (Lipinski definition) is 1. The molecule has 186 valence electrons. The van der Waals surface area contributed by atoms with Gasteiger partial charge in [0, 0.05) is 47.1 Å². The molecule has 2 rings (SSSR count). The fraction of sp³-hybridized carbons (Fsp3) is 0.500. The van der Waals surface area contributed by atoms with Gasteiger partial charge >= 0.3 is 23.9 Å². The van der Waals surface area contributed by atoms with E-state index in [4.69, 9.17) is 28.4 Å². The summed E-state index contributed by atoms with van der Waals surface area (Å²) in [7, 11) is 2.65. The Morgan fingerprint density at radius 2 is 1.53 bits per heavy atom. The molecule has 34 heavy (non-hydrogen) atoms. The lowest BCUT2D eigenvalue weighted by molar-refractivity contribution is -0.384.